The van der Waals surface area contributed by atoms with Crippen LogP contribution in [0.3, 0.4) is 0 Å². The predicted molar refractivity (Wildman–Crippen MR) is 85.1 cm³/mol. The molecule has 0 aliphatic rings. The lowest BCUT2D eigenvalue weighted by Gasteiger charge is -2.08. The van der Waals surface area contributed by atoms with Crippen LogP contribution in [0.25, 0.3) is 0 Å². The van der Waals surface area contributed by atoms with E-state index < -0.39 is 0 Å². The predicted octanol–water partition coefficient (Wildman–Crippen LogP) is 3.10. The van der Waals surface area contributed by atoms with E-state index in [2.05, 4.69) is 26.2 Å². The average molecular weight is 349 g/mol. The molecule has 4 nitrogen and oxygen atoms in total. The van der Waals surface area contributed by atoms with Gasteiger partial charge < -0.3 is 10.1 Å². The molecule has 21 heavy (non-hydrogen) atoms. The fourth-order valence-electron chi connectivity index (χ4n) is 1.90. The topological polar surface area (TPSA) is 51.2 Å². The molecule has 0 bridgehead atoms. The summed E-state index contributed by atoms with van der Waals surface area (Å²) in [5.41, 5.74) is 1.95. The molecule has 2 aromatic rings. The largest absolute Gasteiger partial charge is 0.496 e. The van der Waals surface area contributed by atoms with Gasteiger partial charge >= 0.3 is 0 Å². The molecule has 1 heterocycles. The lowest BCUT2D eigenvalue weighted by Crippen LogP contribution is -2.23. The summed E-state index contributed by atoms with van der Waals surface area (Å²) in [6.45, 7) is 0.504. The number of halogens is 1. The van der Waals surface area contributed by atoms with Gasteiger partial charge in [-0.2, -0.15) is 0 Å². The fourth-order valence-corrected chi connectivity index (χ4v) is 2.48. The highest BCUT2D eigenvalue weighted by molar-refractivity contribution is 9.10. The summed E-state index contributed by atoms with van der Waals surface area (Å²) in [6, 6.07) is 11.5. The second kappa shape index (κ2) is 7.78. The lowest BCUT2D eigenvalue weighted by atomic mass is 10.2. The molecule has 5 heteroatoms. The molecule has 0 radical (unpaired) electrons. The van der Waals surface area contributed by atoms with Gasteiger partial charge in [-0.25, -0.2) is 0 Å². The molecule has 0 unspecified atom stereocenters. The normalized spacial score (nSPS) is 10.2. The number of carbonyl (C=O) groups is 1. The van der Waals surface area contributed by atoms with Crippen molar-refractivity contribution in [2.24, 2.45) is 0 Å². The zero-order valence-electron chi connectivity index (χ0n) is 11.8. The van der Waals surface area contributed by atoms with E-state index in [-0.39, 0.29) is 5.91 Å². The summed E-state index contributed by atoms with van der Waals surface area (Å²) >= 11 is 3.43. The zero-order valence-corrected chi connectivity index (χ0v) is 13.4. The second-order valence-corrected chi connectivity index (χ2v) is 5.42. The van der Waals surface area contributed by atoms with Crippen LogP contribution in [-0.2, 0) is 17.8 Å². The maximum atomic E-state index is 11.8. The first-order chi connectivity index (χ1) is 10.2. The van der Waals surface area contributed by atoms with Crippen LogP contribution in [0, 0.1) is 0 Å². The van der Waals surface area contributed by atoms with Crippen molar-refractivity contribution in [3.05, 3.63) is 58.3 Å². The third-order valence-electron chi connectivity index (χ3n) is 3.04. The highest BCUT2D eigenvalue weighted by Crippen LogP contribution is 2.25. The molecule has 0 fully saturated rings. The van der Waals surface area contributed by atoms with Gasteiger partial charge in [-0.1, -0.05) is 12.1 Å². The Morgan fingerprint density at radius 1 is 1.33 bits per heavy atom. The first-order valence-electron chi connectivity index (χ1n) is 6.68. The standard InChI is InChI=1S/C16H17BrN2O2/c1-21-15-7-5-12(10-14(15)17)11-19-16(20)8-6-13-4-2-3-9-18-13/h2-5,7,9-10H,6,8,11H2,1H3,(H,19,20). The number of nitrogens with zero attached hydrogens (tertiary/aromatic N) is 1. The highest BCUT2D eigenvalue weighted by atomic mass is 79.9. The maximum Gasteiger partial charge on any atom is 0.220 e. The molecular weight excluding hydrogens is 332 g/mol. The molecule has 110 valence electrons. The molecule has 0 aliphatic carbocycles. The Kier molecular flexibility index (Phi) is 5.75. The van der Waals surface area contributed by atoms with Crippen molar-refractivity contribution in [3.63, 3.8) is 0 Å². The molecule has 2 rings (SSSR count). The summed E-state index contributed by atoms with van der Waals surface area (Å²) in [5.74, 6) is 0.799. The van der Waals surface area contributed by atoms with E-state index in [0.717, 1.165) is 21.5 Å². The minimum atomic E-state index is 0.0209. The summed E-state index contributed by atoms with van der Waals surface area (Å²) in [6.07, 6.45) is 2.83. The van der Waals surface area contributed by atoms with Gasteiger partial charge in [0.25, 0.3) is 0 Å². The third-order valence-corrected chi connectivity index (χ3v) is 3.66. The van der Waals surface area contributed by atoms with Crippen LogP contribution in [0.1, 0.15) is 17.7 Å². The van der Waals surface area contributed by atoms with E-state index in [1.165, 1.54) is 0 Å². The Labute approximate surface area is 132 Å². The van der Waals surface area contributed by atoms with Crippen molar-refractivity contribution in [2.45, 2.75) is 19.4 Å². The van der Waals surface area contributed by atoms with Crippen molar-refractivity contribution < 1.29 is 9.53 Å². The number of ether oxygens (including phenoxy) is 1. The van der Waals surface area contributed by atoms with Crippen molar-refractivity contribution in [2.75, 3.05) is 7.11 Å². The first-order valence-corrected chi connectivity index (χ1v) is 7.47. The Morgan fingerprint density at radius 3 is 2.86 bits per heavy atom. The lowest BCUT2D eigenvalue weighted by molar-refractivity contribution is -0.121. The number of hydrogen-bond acceptors (Lipinski definition) is 3. The van der Waals surface area contributed by atoms with Gasteiger partial charge in [0.05, 0.1) is 11.6 Å². The van der Waals surface area contributed by atoms with Gasteiger partial charge in [0.1, 0.15) is 5.75 Å². The van der Waals surface area contributed by atoms with Crippen LogP contribution in [-0.4, -0.2) is 18.0 Å². The van der Waals surface area contributed by atoms with Gasteiger partial charge in [-0.05, 0) is 52.2 Å². The number of hydrogen-bond donors (Lipinski definition) is 1. The number of aromatic nitrogens is 1. The summed E-state index contributed by atoms with van der Waals surface area (Å²) in [7, 11) is 1.62. The quantitative estimate of drug-likeness (QED) is 0.872. The van der Waals surface area contributed by atoms with E-state index in [9.17, 15) is 4.79 Å². The third kappa shape index (κ3) is 4.86. The second-order valence-electron chi connectivity index (χ2n) is 4.57. The maximum absolute atomic E-state index is 11.8. The van der Waals surface area contributed by atoms with Crippen LogP contribution in [0.5, 0.6) is 5.75 Å². The van der Waals surface area contributed by atoms with Crippen molar-refractivity contribution in [1.82, 2.24) is 10.3 Å². The Morgan fingerprint density at radius 2 is 2.19 bits per heavy atom. The van der Waals surface area contributed by atoms with Crippen LogP contribution in [0.2, 0.25) is 0 Å². The van der Waals surface area contributed by atoms with Crippen molar-refractivity contribution in [3.8, 4) is 5.75 Å². The van der Waals surface area contributed by atoms with Gasteiger partial charge in [0.15, 0.2) is 0 Å². The minimum Gasteiger partial charge on any atom is -0.496 e. The monoisotopic (exact) mass is 348 g/mol. The van der Waals surface area contributed by atoms with E-state index >= 15 is 0 Å². The number of benzene rings is 1. The van der Waals surface area contributed by atoms with E-state index in [1.54, 1.807) is 13.3 Å². The Bertz CT molecular complexity index is 602. The number of aryl methyl sites for hydroxylation is 1. The van der Waals surface area contributed by atoms with E-state index in [0.29, 0.717) is 19.4 Å². The summed E-state index contributed by atoms with van der Waals surface area (Å²) in [5, 5.41) is 2.91. The van der Waals surface area contributed by atoms with Crippen LogP contribution >= 0.6 is 15.9 Å². The molecular formula is C16H17BrN2O2. The number of nitrogens with one attached hydrogen (secondary N) is 1. The number of methoxy groups -OCH3 is 1. The molecule has 1 aromatic carbocycles. The van der Waals surface area contributed by atoms with Crippen LogP contribution < -0.4 is 10.1 Å². The molecule has 0 saturated carbocycles. The molecule has 1 N–H and O–H groups in total. The average Bonchev–Trinajstić information content (AvgIpc) is 2.52. The van der Waals surface area contributed by atoms with Gasteiger partial charge in [-0.3, -0.25) is 9.78 Å². The van der Waals surface area contributed by atoms with E-state index in [1.807, 2.05) is 36.4 Å². The molecule has 0 saturated heterocycles. The smallest absolute Gasteiger partial charge is 0.220 e. The SMILES string of the molecule is COc1ccc(CNC(=O)CCc2ccccn2)cc1Br. The Hall–Kier alpha value is -1.88. The van der Waals surface area contributed by atoms with Crippen LogP contribution in [0.4, 0.5) is 0 Å². The summed E-state index contributed by atoms with van der Waals surface area (Å²) < 4.78 is 6.05. The van der Waals surface area contributed by atoms with E-state index in [4.69, 9.17) is 4.74 Å². The van der Waals surface area contributed by atoms with Gasteiger partial charge in [0, 0.05) is 24.9 Å². The molecule has 0 atom stereocenters. The van der Waals surface area contributed by atoms with Gasteiger partial charge in [0.2, 0.25) is 5.91 Å². The van der Waals surface area contributed by atoms with Gasteiger partial charge in [-0.15, -0.1) is 0 Å². The van der Waals surface area contributed by atoms with Crippen molar-refractivity contribution in [1.29, 1.82) is 0 Å². The fraction of sp³-hybridized carbons (Fsp3) is 0.250. The number of carbonyl (C=O) groups excluding carboxylic acids is 1. The number of pyridine rings is 1. The number of amides is 1. The first kappa shape index (κ1) is 15.5. The number of rotatable bonds is 6. The molecule has 1 amide bonds. The molecule has 1 aromatic heterocycles. The zero-order chi connectivity index (χ0) is 15.1. The molecule has 0 spiro atoms. The highest BCUT2D eigenvalue weighted by Gasteiger charge is 2.05. The molecule has 0 aliphatic heterocycles. The van der Waals surface area contributed by atoms with Crippen molar-refractivity contribution >= 4 is 21.8 Å². The van der Waals surface area contributed by atoms with Crippen LogP contribution in [0.15, 0.2) is 47.1 Å². The minimum absolute atomic E-state index is 0.0209. The summed E-state index contributed by atoms with van der Waals surface area (Å²) in [4.78, 5) is 16.0. The Balaban J connectivity index is 1.80.